The number of carbonyl (C=O) groups is 1. The van der Waals surface area contributed by atoms with E-state index in [9.17, 15) is 18.8 Å². The monoisotopic (exact) mass is 548 g/mol. The molecular formula is C27H31F3N4OS2. The van der Waals surface area contributed by atoms with Crippen LogP contribution in [0.1, 0.15) is 44.1 Å². The zero-order chi connectivity index (χ0) is 26.3. The third-order valence-electron chi connectivity index (χ3n) is 6.75. The van der Waals surface area contributed by atoms with Crippen LogP contribution in [0.3, 0.4) is 0 Å². The maximum Gasteiger partial charge on any atom is 0.267 e. The average molecular weight is 549 g/mol. The lowest BCUT2D eigenvalue weighted by atomic mass is 9.86. The number of hydrogen-bond acceptors (Lipinski definition) is 6. The maximum atomic E-state index is 15.2. The van der Waals surface area contributed by atoms with Gasteiger partial charge in [0.1, 0.15) is 18.1 Å². The molecule has 1 atom stereocenters. The number of halogens is 3. The number of nitrogens with one attached hydrogen (secondary N) is 2. The molecule has 10 heteroatoms. The summed E-state index contributed by atoms with van der Waals surface area (Å²) in [4.78, 5) is 15.8. The summed E-state index contributed by atoms with van der Waals surface area (Å²) in [5.41, 5.74) is -1.70. The van der Waals surface area contributed by atoms with E-state index >= 15 is 4.39 Å². The molecule has 1 aliphatic heterocycles. The van der Waals surface area contributed by atoms with E-state index in [1.54, 1.807) is 11.8 Å². The first-order chi connectivity index (χ1) is 17.9. The molecule has 37 heavy (non-hydrogen) atoms. The molecule has 198 valence electrons. The van der Waals surface area contributed by atoms with Gasteiger partial charge in [0, 0.05) is 41.2 Å². The van der Waals surface area contributed by atoms with Crippen LogP contribution in [-0.4, -0.2) is 54.1 Å². The number of thioether (sulfide) groups is 1. The first-order valence-electron chi connectivity index (χ1n) is 12.6. The molecule has 1 aliphatic carbocycles. The van der Waals surface area contributed by atoms with E-state index in [4.69, 9.17) is 0 Å². The van der Waals surface area contributed by atoms with Gasteiger partial charge in [0.15, 0.2) is 5.67 Å². The Kier molecular flexibility index (Phi) is 9.68. The molecule has 4 rings (SSSR count). The predicted molar refractivity (Wildman–Crippen MR) is 143 cm³/mol. The maximum absolute atomic E-state index is 15.2. The van der Waals surface area contributed by atoms with Crippen molar-refractivity contribution in [1.29, 1.82) is 5.26 Å². The summed E-state index contributed by atoms with van der Waals surface area (Å²) in [5, 5.41) is 12.9. The van der Waals surface area contributed by atoms with Gasteiger partial charge in [0.25, 0.3) is 5.91 Å². The van der Waals surface area contributed by atoms with Crippen LogP contribution in [0.25, 0.3) is 0 Å². The molecule has 1 saturated heterocycles. The van der Waals surface area contributed by atoms with Gasteiger partial charge in [-0.05, 0) is 68.3 Å². The third-order valence-corrected chi connectivity index (χ3v) is 8.68. The molecular weight excluding hydrogens is 517 g/mol. The number of alkyl halides is 2. The fraction of sp³-hybridized carbons (Fsp3) is 0.481. The molecule has 0 bridgehead atoms. The Balaban J connectivity index is 1.42. The SMILES string of the molecule is N#Cc1cc(SNC(=O)C2(F)CCCCC2)cc(F)c1NC(CCN1CC(F)C1)CSc1ccccc1. The minimum Gasteiger partial charge on any atom is -0.378 e. The van der Waals surface area contributed by atoms with E-state index in [1.165, 1.54) is 12.1 Å². The number of amides is 1. The van der Waals surface area contributed by atoms with Crippen molar-refractivity contribution in [2.75, 3.05) is 30.7 Å². The number of nitriles is 1. The number of likely N-dealkylation sites (tertiary alicyclic amines) is 1. The number of hydrogen-bond donors (Lipinski definition) is 2. The average Bonchev–Trinajstić information content (AvgIpc) is 2.89. The lowest BCUT2D eigenvalue weighted by Crippen LogP contribution is -2.49. The Morgan fingerprint density at radius 2 is 1.89 bits per heavy atom. The van der Waals surface area contributed by atoms with Gasteiger partial charge < -0.3 is 5.32 Å². The molecule has 1 unspecified atom stereocenters. The van der Waals surface area contributed by atoms with Crippen molar-refractivity contribution in [2.24, 2.45) is 0 Å². The Morgan fingerprint density at radius 3 is 2.57 bits per heavy atom. The molecule has 2 N–H and O–H groups in total. The van der Waals surface area contributed by atoms with Crippen molar-refractivity contribution < 1.29 is 18.0 Å². The first-order valence-corrected chi connectivity index (χ1v) is 14.4. The second-order valence-corrected chi connectivity index (χ2v) is 11.6. The lowest BCUT2D eigenvalue weighted by Gasteiger charge is -2.35. The van der Waals surface area contributed by atoms with Crippen molar-refractivity contribution in [3.63, 3.8) is 0 Å². The first kappa shape index (κ1) is 27.7. The topological polar surface area (TPSA) is 68.2 Å². The Labute approximate surface area is 224 Å². The summed E-state index contributed by atoms with van der Waals surface area (Å²) in [5.74, 6) is -0.699. The highest BCUT2D eigenvalue weighted by Gasteiger charge is 2.39. The largest absolute Gasteiger partial charge is 0.378 e. The summed E-state index contributed by atoms with van der Waals surface area (Å²) in [6.45, 7) is 1.49. The quantitative estimate of drug-likeness (QED) is 0.261. The van der Waals surface area contributed by atoms with Crippen molar-refractivity contribution in [3.05, 3.63) is 53.8 Å². The van der Waals surface area contributed by atoms with Gasteiger partial charge in [0.2, 0.25) is 0 Å². The Morgan fingerprint density at radius 1 is 1.16 bits per heavy atom. The van der Waals surface area contributed by atoms with Gasteiger partial charge in [0.05, 0.1) is 11.3 Å². The summed E-state index contributed by atoms with van der Waals surface area (Å²) >= 11 is 2.44. The van der Waals surface area contributed by atoms with Crippen LogP contribution in [-0.2, 0) is 4.79 Å². The molecule has 1 saturated carbocycles. The van der Waals surface area contributed by atoms with Crippen LogP contribution in [0.4, 0.5) is 18.9 Å². The summed E-state index contributed by atoms with van der Waals surface area (Å²) in [7, 11) is 0. The number of carbonyl (C=O) groups excluding carboxylic acids is 1. The Bertz CT molecular complexity index is 1100. The van der Waals surface area contributed by atoms with Gasteiger partial charge in [-0.2, -0.15) is 5.26 Å². The highest BCUT2D eigenvalue weighted by atomic mass is 32.2. The second-order valence-electron chi connectivity index (χ2n) is 9.61. The van der Waals surface area contributed by atoms with Crippen LogP contribution in [0.5, 0.6) is 0 Å². The van der Waals surface area contributed by atoms with Crippen LogP contribution in [0.15, 0.2) is 52.3 Å². The fourth-order valence-electron chi connectivity index (χ4n) is 4.55. The van der Waals surface area contributed by atoms with Crippen molar-refractivity contribution in [1.82, 2.24) is 9.62 Å². The van der Waals surface area contributed by atoms with Gasteiger partial charge in [-0.15, -0.1) is 11.8 Å². The van der Waals surface area contributed by atoms with Crippen molar-refractivity contribution >= 4 is 35.3 Å². The molecule has 5 nitrogen and oxygen atoms in total. The number of nitrogens with zero attached hydrogens (tertiary/aromatic N) is 2. The third kappa shape index (κ3) is 7.59. The highest BCUT2D eigenvalue weighted by molar-refractivity contribution is 7.99. The minimum absolute atomic E-state index is 0.0954. The fourth-order valence-corrected chi connectivity index (χ4v) is 6.28. The van der Waals surface area contributed by atoms with Gasteiger partial charge in [-0.25, -0.2) is 13.2 Å². The second kappa shape index (κ2) is 12.9. The molecule has 0 aromatic heterocycles. The molecule has 0 radical (unpaired) electrons. The normalized spacial score (nSPS) is 18.4. The van der Waals surface area contributed by atoms with Gasteiger partial charge in [-0.3, -0.25) is 14.4 Å². The molecule has 2 aromatic carbocycles. The highest BCUT2D eigenvalue weighted by Crippen LogP contribution is 2.34. The minimum atomic E-state index is -1.90. The van der Waals surface area contributed by atoms with E-state index in [0.717, 1.165) is 23.3 Å². The summed E-state index contributed by atoms with van der Waals surface area (Å²) in [6.07, 6.45) is 2.48. The van der Waals surface area contributed by atoms with Crippen LogP contribution >= 0.6 is 23.7 Å². The Hall–Kier alpha value is -2.35. The molecule has 0 spiro atoms. The number of anilines is 1. The van der Waals surface area contributed by atoms with E-state index in [0.29, 0.717) is 49.5 Å². The van der Waals surface area contributed by atoms with Crippen LogP contribution < -0.4 is 10.0 Å². The zero-order valence-electron chi connectivity index (χ0n) is 20.5. The van der Waals surface area contributed by atoms with E-state index in [1.807, 2.05) is 41.3 Å². The standard InChI is InChI=1S/C27H31F3N4OS2/c28-20-16-34(17-20)12-9-21(18-36-22-7-3-1-4-8-22)32-25-19(15-31)13-23(14-24(25)29)37-33-26(35)27(30)10-5-2-6-11-27/h1,3-4,7-8,13-14,20-21,32H,2,5-6,9-12,16-18H2,(H,33,35). The molecule has 1 heterocycles. The van der Waals surface area contributed by atoms with Crippen LogP contribution in [0.2, 0.25) is 0 Å². The number of benzene rings is 2. The summed E-state index contributed by atoms with van der Waals surface area (Å²) < 4.78 is 45.9. The van der Waals surface area contributed by atoms with E-state index < -0.39 is 23.6 Å². The van der Waals surface area contributed by atoms with Gasteiger partial charge in [-0.1, -0.05) is 24.6 Å². The molecule has 2 fully saturated rings. The molecule has 2 aliphatic rings. The zero-order valence-corrected chi connectivity index (χ0v) is 22.2. The summed E-state index contributed by atoms with van der Waals surface area (Å²) in [6, 6.07) is 14.5. The van der Waals surface area contributed by atoms with E-state index in [-0.39, 0.29) is 30.1 Å². The van der Waals surface area contributed by atoms with E-state index in [2.05, 4.69) is 10.0 Å². The lowest BCUT2D eigenvalue weighted by molar-refractivity contribution is -0.132. The molecule has 1 amide bonds. The smallest absolute Gasteiger partial charge is 0.267 e. The van der Waals surface area contributed by atoms with Crippen molar-refractivity contribution in [3.8, 4) is 6.07 Å². The van der Waals surface area contributed by atoms with Crippen LogP contribution in [0, 0.1) is 17.1 Å². The molecule has 2 aromatic rings. The predicted octanol–water partition coefficient (Wildman–Crippen LogP) is 6.11. The number of rotatable bonds is 11. The van der Waals surface area contributed by atoms with Crippen molar-refractivity contribution in [2.45, 2.75) is 66.2 Å². The van der Waals surface area contributed by atoms with Gasteiger partial charge >= 0.3 is 0 Å².